The van der Waals surface area contributed by atoms with Gasteiger partial charge in [0.1, 0.15) is 29.8 Å². The highest BCUT2D eigenvalue weighted by atomic mass is 127. The van der Waals surface area contributed by atoms with Gasteiger partial charge in [-0.05, 0) is 70.1 Å². The zero-order valence-electron chi connectivity index (χ0n) is 17.7. The fourth-order valence-corrected chi connectivity index (χ4v) is 3.72. The topological polar surface area (TPSA) is 114 Å². The monoisotopic (exact) mass is 573 g/mol. The van der Waals surface area contributed by atoms with Gasteiger partial charge in [0.15, 0.2) is 11.5 Å². The molecule has 0 saturated carbocycles. The highest BCUT2D eigenvalue weighted by Crippen LogP contribution is 2.35. The van der Waals surface area contributed by atoms with Crippen LogP contribution in [0.4, 0.5) is 15.8 Å². The largest absolute Gasteiger partial charge is 0.493 e. The SMILES string of the molecule is COc1cc(/C=C(\C#N)C(=O)Nc2ccccc2[N+](=O)[O-])cc(I)c1OCc1ccc(F)cc1. The second-order valence-corrected chi connectivity index (χ2v) is 8.01. The maximum absolute atomic E-state index is 13.1. The third kappa shape index (κ3) is 6.08. The van der Waals surface area contributed by atoms with E-state index < -0.39 is 10.8 Å². The van der Waals surface area contributed by atoms with Crippen LogP contribution in [0.3, 0.4) is 0 Å². The van der Waals surface area contributed by atoms with E-state index in [9.17, 15) is 24.6 Å². The van der Waals surface area contributed by atoms with Gasteiger partial charge in [-0.3, -0.25) is 14.9 Å². The van der Waals surface area contributed by atoms with Crippen LogP contribution in [-0.4, -0.2) is 17.9 Å². The van der Waals surface area contributed by atoms with E-state index in [1.165, 1.54) is 49.6 Å². The molecule has 0 unspecified atom stereocenters. The molecule has 0 atom stereocenters. The summed E-state index contributed by atoms with van der Waals surface area (Å²) in [4.78, 5) is 23.1. The van der Waals surface area contributed by atoms with E-state index in [1.54, 1.807) is 24.3 Å². The Morgan fingerprint density at radius 3 is 2.59 bits per heavy atom. The van der Waals surface area contributed by atoms with Crippen LogP contribution in [0, 0.1) is 30.8 Å². The third-order valence-electron chi connectivity index (χ3n) is 4.57. The van der Waals surface area contributed by atoms with Crippen molar-refractivity contribution in [3.8, 4) is 17.6 Å². The smallest absolute Gasteiger partial charge is 0.292 e. The number of carbonyl (C=O) groups excluding carboxylic acids is 1. The van der Waals surface area contributed by atoms with Gasteiger partial charge in [0.25, 0.3) is 11.6 Å². The summed E-state index contributed by atoms with van der Waals surface area (Å²) in [6.45, 7) is 0.184. The van der Waals surface area contributed by atoms with Crippen LogP contribution >= 0.6 is 22.6 Å². The van der Waals surface area contributed by atoms with E-state index in [-0.39, 0.29) is 29.4 Å². The van der Waals surface area contributed by atoms with Crippen molar-refractivity contribution in [2.75, 3.05) is 12.4 Å². The Morgan fingerprint density at radius 1 is 1.24 bits per heavy atom. The van der Waals surface area contributed by atoms with E-state index in [4.69, 9.17) is 9.47 Å². The molecule has 0 aliphatic heterocycles. The van der Waals surface area contributed by atoms with Crippen LogP contribution < -0.4 is 14.8 Å². The van der Waals surface area contributed by atoms with Crippen LogP contribution in [0.15, 0.2) is 66.2 Å². The summed E-state index contributed by atoms with van der Waals surface area (Å²) in [6, 6.07) is 16.7. The van der Waals surface area contributed by atoms with Crippen molar-refractivity contribution in [1.82, 2.24) is 0 Å². The molecule has 0 aliphatic carbocycles. The van der Waals surface area contributed by atoms with Gasteiger partial charge >= 0.3 is 0 Å². The van der Waals surface area contributed by atoms with E-state index in [1.807, 2.05) is 28.7 Å². The maximum Gasteiger partial charge on any atom is 0.292 e. The van der Waals surface area contributed by atoms with E-state index in [0.29, 0.717) is 20.6 Å². The molecular formula is C24H17FIN3O5. The molecule has 0 aliphatic rings. The zero-order valence-corrected chi connectivity index (χ0v) is 19.9. The van der Waals surface area contributed by atoms with E-state index in [2.05, 4.69) is 5.32 Å². The maximum atomic E-state index is 13.1. The van der Waals surface area contributed by atoms with Gasteiger partial charge in [-0.2, -0.15) is 5.26 Å². The molecule has 0 heterocycles. The summed E-state index contributed by atoms with van der Waals surface area (Å²) in [6.07, 6.45) is 1.35. The summed E-state index contributed by atoms with van der Waals surface area (Å²) in [5, 5.41) is 23.1. The minimum absolute atomic E-state index is 0.0182. The first-order chi connectivity index (χ1) is 16.3. The molecule has 0 saturated heterocycles. The molecule has 3 aromatic rings. The van der Waals surface area contributed by atoms with Crippen molar-refractivity contribution in [2.45, 2.75) is 6.61 Å². The molecule has 8 nitrogen and oxygen atoms in total. The van der Waals surface area contributed by atoms with Crippen LogP contribution in [0.1, 0.15) is 11.1 Å². The molecule has 0 fully saturated rings. The number of halogens is 2. The fraction of sp³-hybridized carbons (Fsp3) is 0.0833. The summed E-state index contributed by atoms with van der Waals surface area (Å²) in [5.41, 5.74) is 0.699. The first-order valence-electron chi connectivity index (χ1n) is 9.73. The molecule has 0 spiro atoms. The molecule has 0 radical (unpaired) electrons. The molecule has 10 heteroatoms. The second kappa shape index (κ2) is 11.2. The number of ether oxygens (including phenoxy) is 2. The third-order valence-corrected chi connectivity index (χ3v) is 5.37. The van der Waals surface area contributed by atoms with Crippen molar-refractivity contribution in [3.05, 3.63) is 96.9 Å². The lowest BCUT2D eigenvalue weighted by Gasteiger charge is -2.14. The number of amides is 1. The molecule has 3 aromatic carbocycles. The van der Waals surface area contributed by atoms with Gasteiger partial charge in [0.05, 0.1) is 15.6 Å². The van der Waals surface area contributed by atoms with Gasteiger partial charge in [0, 0.05) is 6.07 Å². The molecule has 1 N–H and O–H groups in total. The van der Waals surface area contributed by atoms with Crippen LogP contribution in [-0.2, 0) is 11.4 Å². The predicted octanol–water partition coefficient (Wildman–Crippen LogP) is 5.47. The summed E-state index contributed by atoms with van der Waals surface area (Å²) in [5.74, 6) is -0.308. The number of methoxy groups -OCH3 is 1. The number of rotatable bonds is 8. The molecule has 34 heavy (non-hydrogen) atoms. The number of para-hydroxylation sites is 2. The number of hydrogen-bond acceptors (Lipinski definition) is 6. The Hall–Kier alpha value is -3.98. The van der Waals surface area contributed by atoms with Crippen LogP contribution in [0.25, 0.3) is 6.08 Å². The minimum Gasteiger partial charge on any atom is -0.493 e. The normalized spacial score (nSPS) is 10.8. The quantitative estimate of drug-likeness (QED) is 0.126. The summed E-state index contributed by atoms with van der Waals surface area (Å²) in [7, 11) is 1.45. The van der Waals surface area contributed by atoms with Crippen LogP contribution in [0.5, 0.6) is 11.5 Å². The molecular weight excluding hydrogens is 556 g/mol. The Morgan fingerprint density at radius 2 is 1.94 bits per heavy atom. The molecule has 0 aromatic heterocycles. The zero-order chi connectivity index (χ0) is 24.7. The highest BCUT2D eigenvalue weighted by Gasteiger charge is 2.18. The molecule has 3 rings (SSSR count). The number of anilines is 1. The lowest BCUT2D eigenvalue weighted by Crippen LogP contribution is -2.14. The Labute approximate surface area is 207 Å². The van der Waals surface area contributed by atoms with Crippen molar-refractivity contribution in [1.29, 1.82) is 5.26 Å². The number of nitriles is 1. The first kappa shape index (κ1) is 24.7. The highest BCUT2D eigenvalue weighted by molar-refractivity contribution is 14.1. The standard InChI is InChI=1S/C24H17FIN3O5/c1-33-22-12-16(11-19(26)23(22)34-14-15-6-8-18(25)9-7-15)10-17(13-27)24(30)28-20-4-2-3-5-21(20)29(31)32/h2-12H,14H2,1H3,(H,28,30)/b17-10+. The number of nitro groups is 1. The first-order valence-corrected chi connectivity index (χ1v) is 10.8. The molecule has 0 bridgehead atoms. The van der Waals surface area contributed by atoms with E-state index in [0.717, 1.165) is 5.56 Å². The van der Waals surface area contributed by atoms with Crippen molar-refractivity contribution < 1.29 is 23.6 Å². The minimum atomic E-state index is -0.789. The van der Waals surface area contributed by atoms with Gasteiger partial charge in [0.2, 0.25) is 0 Å². The lowest BCUT2D eigenvalue weighted by molar-refractivity contribution is -0.383. The predicted molar refractivity (Wildman–Crippen MR) is 132 cm³/mol. The molecule has 1 amide bonds. The lowest BCUT2D eigenvalue weighted by atomic mass is 10.1. The van der Waals surface area contributed by atoms with E-state index >= 15 is 0 Å². The van der Waals surface area contributed by atoms with Gasteiger partial charge in [-0.1, -0.05) is 24.3 Å². The molecule has 172 valence electrons. The van der Waals surface area contributed by atoms with Gasteiger partial charge in [-0.15, -0.1) is 0 Å². The Bertz CT molecular complexity index is 1300. The fourth-order valence-electron chi connectivity index (χ4n) is 2.94. The number of carbonyl (C=O) groups is 1. The van der Waals surface area contributed by atoms with Gasteiger partial charge in [-0.25, -0.2) is 4.39 Å². The van der Waals surface area contributed by atoms with Crippen molar-refractivity contribution in [3.63, 3.8) is 0 Å². The average molecular weight is 573 g/mol. The van der Waals surface area contributed by atoms with Crippen molar-refractivity contribution >= 4 is 45.9 Å². The number of benzene rings is 3. The Balaban J connectivity index is 1.84. The average Bonchev–Trinajstić information content (AvgIpc) is 2.82. The number of nitrogens with one attached hydrogen (secondary N) is 1. The number of nitrogens with zero attached hydrogens (tertiary/aromatic N) is 2. The summed E-state index contributed by atoms with van der Waals surface area (Å²) < 4.78 is 25.0. The van der Waals surface area contributed by atoms with Crippen molar-refractivity contribution in [2.24, 2.45) is 0 Å². The van der Waals surface area contributed by atoms with Crippen LogP contribution in [0.2, 0.25) is 0 Å². The number of nitro benzene ring substituents is 1. The second-order valence-electron chi connectivity index (χ2n) is 6.85. The number of hydrogen-bond donors (Lipinski definition) is 1. The van der Waals surface area contributed by atoms with Gasteiger partial charge < -0.3 is 14.8 Å². The summed E-state index contributed by atoms with van der Waals surface area (Å²) >= 11 is 2.04. The Kier molecular flexibility index (Phi) is 8.15.